The zero-order valence-electron chi connectivity index (χ0n) is 13.8. The number of benzene rings is 1. The Hall–Kier alpha value is -1.43. The highest BCUT2D eigenvalue weighted by Crippen LogP contribution is 2.42. The predicted octanol–water partition coefficient (Wildman–Crippen LogP) is 1.98. The summed E-state index contributed by atoms with van der Waals surface area (Å²) in [6, 6.07) is 7.51. The third-order valence-corrected chi connectivity index (χ3v) is 5.33. The summed E-state index contributed by atoms with van der Waals surface area (Å²) in [6.07, 6.45) is 2.65. The van der Waals surface area contributed by atoms with E-state index in [1.807, 2.05) is 29.2 Å². The van der Waals surface area contributed by atoms with E-state index in [2.05, 4.69) is 0 Å². The molecule has 0 spiro atoms. The van der Waals surface area contributed by atoms with E-state index in [-0.39, 0.29) is 23.7 Å². The van der Waals surface area contributed by atoms with E-state index in [0.29, 0.717) is 25.1 Å². The van der Waals surface area contributed by atoms with Gasteiger partial charge in [-0.1, -0.05) is 12.1 Å². The van der Waals surface area contributed by atoms with Crippen LogP contribution < -0.4 is 0 Å². The number of likely N-dealkylation sites (tertiary alicyclic amines) is 1. The molecule has 0 unspecified atom stereocenters. The zero-order valence-corrected chi connectivity index (χ0v) is 13.8. The fourth-order valence-electron chi connectivity index (χ4n) is 4.00. The average Bonchev–Trinajstić information content (AvgIpc) is 2.94. The minimum atomic E-state index is -0.347. The molecule has 1 heterocycles. The Balaban J connectivity index is 1.79. The van der Waals surface area contributed by atoms with Crippen LogP contribution in [0.4, 0.5) is 0 Å². The summed E-state index contributed by atoms with van der Waals surface area (Å²) in [6.45, 7) is 1.23. The number of aliphatic hydroxyl groups excluding tert-OH is 1. The Kier molecular flexibility index (Phi) is 4.71. The summed E-state index contributed by atoms with van der Waals surface area (Å²) in [4.78, 5) is 14.8. The first-order valence-electron chi connectivity index (χ1n) is 8.22. The van der Waals surface area contributed by atoms with Gasteiger partial charge in [-0.15, -0.1) is 0 Å². The summed E-state index contributed by atoms with van der Waals surface area (Å²) in [7, 11) is 3.38. The highest BCUT2D eigenvalue weighted by atomic mass is 16.5. The summed E-state index contributed by atoms with van der Waals surface area (Å²) in [5.41, 5.74) is 1.44. The lowest BCUT2D eigenvalue weighted by Crippen LogP contribution is -2.52. The molecular weight excluding hydrogens is 294 g/mol. The minimum absolute atomic E-state index is 0.0204. The smallest absolute Gasteiger partial charge is 0.254 e. The van der Waals surface area contributed by atoms with Crippen molar-refractivity contribution in [2.24, 2.45) is 0 Å². The molecule has 2 fully saturated rings. The van der Waals surface area contributed by atoms with Crippen LogP contribution in [-0.2, 0) is 16.1 Å². The highest BCUT2D eigenvalue weighted by Gasteiger charge is 2.52. The van der Waals surface area contributed by atoms with Crippen molar-refractivity contribution in [1.82, 2.24) is 4.90 Å². The van der Waals surface area contributed by atoms with Gasteiger partial charge in [-0.2, -0.15) is 0 Å². The van der Waals surface area contributed by atoms with E-state index in [1.54, 1.807) is 14.2 Å². The lowest BCUT2D eigenvalue weighted by atomic mass is 9.79. The van der Waals surface area contributed by atoms with Crippen LogP contribution in [-0.4, -0.2) is 54.4 Å². The van der Waals surface area contributed by atoms with Gasteiger partial charge in [0, 0.05) is 26.3 Å². The van der Waals surface area contributed by atoms with Crippen molar-refractivity contribution in [2.45, 2.75) is 50.0 Å². The molecule has 1 amide bonds. The van der Waals surface area contributed by atoms with Crippen LogP contribution in [0.25, 0.3) is 0 Å². The first-order chi connectivity index (χ1) is 11.1. The summed E-state index contributed by atoms with van der Waals surface area (Å²) < 4.78 is 10.9. The van der Waals surface area contributed by atoms with E-state index >= 15 is 0 Å². The van der Waals surface area contributed by atoms with Crippen LogP contribution in [0.5, 0.6) is 0 Å². The largest absolute Gasteiger partial charge is 0.393 e. The normalized spacial score (nSPS) is 30.3. The van der Waals surface area contributed by atoms with Gasteiger partial charge in [0.2, 0.25) is 0 Å². The molecule has 1 aliphatic heterocycles. The zero-order chi connectivity index (χ0) is 16.4. The van der Waals surface area contributed by atoms with E-state index in [4.69, 9.17) is 9.47 Å². The molecule has 5 nitrogen and oxygen atoms in total. The molecule has 1 aromatic rings. The third-order valence-electron chi connectivity index (χ3n) is 5.33. The molecule has 0 radical (unpaired) electrons. The Morgan fingerprint density at radius 2 is 2.04 bits per heavy atom. The number of carbonyl (C=O) groups is 1. The number of hydrogen-bond acceptors (Lipinski definition) is 4. The van der Waals surface area contributed by atoms with Gasteiger partial charge in [0.25, 0.3) is 5.91 Å². The van der Waals surface area contributed by atoms with Gasteiger partial charge in [-0.3, -0.25) is 4.79 Å². The number of amides is 1. The van der Waals surface area contributed by atoms with E-state index < -0.39 is 0 Å². The van der Waals surface area contributed by atoms with Crippen LogP contribution >= 0.6 is 0 Å². The quantitative estimate of drug-likeness (QED) is 0.922. The second-order valence-electron chi connectivity index (χ2n) is 6.59. The standard InChI is InChI=1S/C18H25NO4/c1-22-12-13-3-5-14(6-4-13)17(21)19-10-9-18(23-2)8-7-15(20)11-16(18)19/h3-6,15-16,20H,7-12H2,1-2H3/t15-,16+,18-/m1/s1. The van der Waals surface area contributed by atoms with Crippen molar-refractivity contribution >= 4 is 5.91 Å². The Bertz CT molecular complexity index is 559. The number of aliphatic hydroxyl groups is 1. The fourth-order valence-corrected chi connectivity index (χ4v) is 4.00. The Morgan fingerprint density at radius 1 is 1.30 bits per heavy atom. The number of methoxy groups -OCH3 is 2. The van der Waals surface area contributed by atoms with Gasteiger partial charge in [-0.05, 0) is 43.4 Å². The Morgan fingerprint density at radius 3 is 2.70 bits per heavy atom. The maximum Gasteiger partial charge on any atom is 0.254 e. The van der Waals surface area contributed by atoms with Crippen molar-refractivity contribution in [2.75, 3.05) is 20.8 Å². The SMILES string of the molecule is COCc1ccc(C(=O)N2CC[C@]3(OC)CC[C@@H](O)C[C@H]23)cc1. The predicted molar refractivity (Wildman–Crippen MR) is 86.2 cm³/mol. The van der Waals surface area contributed by atoms with Gasteiger partial charge in [-0.25, -0.2) is 0 Å². The molecule has 0 aromatic heterocycles. The molecule has 126 valence electrons. The van der Waals surface area contributed by atoms with Crippen molar-refractivity contribution in [3.05, 3.63) is 35.4 Å². The monoisotopic (exact) mass is 319 g/mol. The number of carbonyl (C=O) groups excluding carboxylic acids is 1. The number of hydrogen-bond donors (Lipinski definition) is 1. The molecule has 1 saturated heterocycles. The minimum Gasteiger partial charge on any atom is -0.393 e. The first-order valence-corrected chi connectivity index (χ1v) is 8.22. The molecule has 1 N–H and O–H groups in total. The fraction of sp³-hybridized carbons (Fsp3) is 0.611. The van der Waals surface area contributed by atoms with Gasteiger partial charge in [0.05, 0.1) is 24.4 Å². The van der Waals surface area contributed by atoms with Crippen LogP contribution in [0.2, 0.25) is 0 Å². The van der Waals surface area contributed by atoms with Crippen molar-refractivity contribution < 1.29 is 19.4 Å². The van der Waals surface area contributed by atoms with Crippen molar-refractivity contribution in [3.63, 3.8) is 0 Å². The van der Waals surface area contributed by atoms with Gasteiger partial charge in [0.15, 0.2) is 0 Å². The summed E-state index contributed by atoms with van der Waals surface area (Å²) in [5.74, 6) is 0.0204. The lowest BCUT2D eigenvalue weighted by Gasteiger charge is -2.42. The molecule has 1 saturated carbocycles. The molecule has 23 heavy (non-hydrogen) atoms. The van der Waals surface area contributed by atoms with Crippen LogP contribution in [0.3, 0.4) is 0 Å². The van der Waals surface area contributed by atoms with Crippen LogP contribution in [0.1, 0.15) is 41.6 Å². The maximum absolute atomic E-state index is 12.9. The molecule has 2 aliphatic rings. The third kappa shape index (κ3) is 3.01. The highest BCUT2D eigenvalue weighted by molar-refractivity contribution is 5.94. The molecule has 3 rings (SSSR count). The number of ether oxygens (including phenoxy) is 2. The molecule has 0 bridgehead atoms. The Labute approximate surface area is 137 Å². The van der Waals surface area contributed by atoms with Gasteiger partial charge in [0.1, 0.15) is 0 Å². The van der Waals surface area contributed by atoms with Crippen molar-refractivity contribution in [1.29, 1.82) is 0 Å². The molecule has 1 aromatic carbocycles. The molecule has 3 atom stereocenters. The van der Waals surface area contributed by atoms with Gasteiger partial charge >= 0.3 is 0 Å². The van der Waals surface area contributed by atoms with Crippen LogP contribution in [0, 0.1) is 0 Å². The van der Waals surface area contributed by atoms with E-state index in [9.17, 15) is 9.90 Å². The second kappa shape index (κ2) is 6.59. The van der Waals surface area contributed by atoms with E-state index in [0.717, 1.165) is 24.8 Å². The van der Waals surface area contributed by atoms with E-state index in [1.165, 1.54) is 0 Å². The second-order valence-corrected chi connectivity index (χ2v) is 6.59. The topological polar surface area (TPSA) is 59.0 Å². The summed E-state index contributed by atoms with van der Waals surface area (Å²) in [5, 5.41) is 10.0. The number of rotatable bonds is 4. The number of fused-ring (bicyclic) bond motifs is 1. The van der Waals surface area contributed by atoms with Crippen LogP contribution in [0.15, 0.2) is 24.3 Å². The average molecular weight is 319 g/mol. The van der Waals surface area contributed by atoms with Crippen molar-refractivity contribution in [3.8, 4) is 0 Å². The molecular formula is C18H25NO4. The summed E-state index contributed by atoms with van der Waals surface area (Å²) >= 11 is 0. The maximum atomic E-state index is 12.9. The van der Waals surface area contributed by atoms with Gasteiger partial charge < -0.3 is 19.5 Å². The lowest BCUT2D eigenvalue weighted by molar-refractivity contribution is -0.0824. The first kappa shape index (κ1) is 16.4. The number of nitrogens with zero attached hydrogens (tertiary/aromatic N) is 1. The molecule has 1 aliphatic carbocycles. The molecule has 5 heteroatoms.